The van der Waals surface area contributed by atoms with Crippen molar-refractivity contribution < 1.29 is 0 Å². The second-order valence-corrected chi connectivity index (χ2v) is 4.37. The molecule has 0 saturated heterocycles. The van der Waals surface area contributed by atoms with Crippen LogP contribution in [0, 0.1) is 0 Å². The lowest BCUT2D eigenvalue weighted by atomic mass is 9.88. The Bertz CT molecular complexity index is 381. The van der Waals surface area contributed by atoms with E-state index in [1.165, 1.54) is 11.1 Å². The van der Waals surface area contributed by atoms with Gasteiger partial charge in [0, 0.05) is 12.1 Å². The summed E-state index contributed by atoms with van der Waals surface area (Å²) in [6.07, 6.45) is 7.11. The molecular weight excluding hydrogens is 194 g/mol. The molecule has 1 aliphatic heterocycles. The second-order valence-electron chi connectivity index (χ2n) is 4.37. The van der Waals surface area contributed by atoms with Gasteiger partial charge in [0.2, 0.25) is 0 Å². The molecule has 0 unspecified atom stereocenters. The fourth-order valence-corrected chi connectivity index (χ4v) is 2.47. The van der Waals surface area contributed by atoms with Crippen molar-refractivity contribution in [1.82, 2.24) is 5.32 Å². The van der Waals surface area contributed by atoms with Gasteiger partial charge in [0.25, 0.3) is 0 Å². The lowest BCUT2D eigenvalue weighted by Crippen LogP contribution is -2.38. The third kappa shape index (κ3) is 2.25. The van der Waals surface area contributed by atoms with E-state index in [2.05, 4.69) is 42.7 Å². The van der Waals surface area contributed by atoms with Crippen LogP contribution in [0.2, 0.25) is 0 Å². The average Bonchev–Trinajstić information content (AvgIpc) is 2.30. The Morgan fingerprint density at radius 3 is 2.69 bits per heavy atom. The normalized spacial score (nSPS) is 23.5. The van der Waals surface area contributed by atoms with Crippen LogP contribution in [-0.2, 0) is 6.42 Å². The Hall–Kier alpha value is -1.34. The molecule has 84 valence electrons. The first kappa shape index (κ1) is 11.2. The van der Waals surface area contributed by atoms with Crippen LogP contribution in [0.25, 0.3) is 0 Å². The molecule has 1 heteroatoms. The van der Waals surface area contributed by atoms with Crippen molar-refractivity contribution in [3.05, 3.63) is 60.7 Å². The summed E-state index contributed by atoms with van der Waals surface area (Å²) in [6, 6.07) is 9.65. The van der Waals surface area contributed by atoms with E-state index in [0.29, 0.717) is 12.1 Å². The largest absolute Gasteiger partial charge is 0.306 e. The smallest absolute Gasteiger partial charge is 0.0360 e. The van der Waals surface area contributed by atoms with Crippen molar-refractivity contribution in [2.24, 2.45) is 0 Å². The SMILES string of the molecule is C=CC[C@@H]1Cc2ccccc2[C@@H](CC=C)N1. The van der Waals surface area contributed by atoms with Gasteiger partial charge in [-0.2, -0.15) is 0 Å². The molecule has 0 spiro atoms. The molecule has 0 amide bonds. The first-order valence-electron chi connectivity index (χ1n) is 5.90. The van der Waals surface area contributed by atoms with Crippen molar-refractivity contribution in [2.75, 3.05) is 0 Å². The van der Waals surface area contributed by atoms with Crippen LogP contribution in [0.15, 0.2) is 49.6 Å². The molecule has 0 fully saturated rings. The molecule has 0 aromatic heterocycles. The van der Waals surface area contributed by atoms with Gasteiger partial charge in [-0.25, -0.2) is 0 Å². The molecule has 1 aliphatic rings. The van der Waals surface area contributed by atoms with E-state index >= 15 is 0 Å². The van der Waals surface area contributed by atoms with E-state index < -0.39 is 0 Å². The van der Waals surface area contributed by atoms with E-state index in [1.54, 1.807) is 0 Å². The molecule has 0 bridgehead atoms. The van der Waals surface area contributed by atoms with Gasteiger partial charge in [0.05, 0.1) is 0 Å². The molecule has 1 N–H and O–H groups in total. The molecule has 0 radical (unpaired) electrons. The number of rotatable bonds is 4. The third-order valence-electron chi connectivity index (χ3n) is 3.19. The Kier molecular flexibility index (Phi) is 3.58. The second kappa shape index (κ2) is 5.13. The van der Waals surface area contributed by atoms with Gasteiger partial charge in [-0.3, -0.25) is 0 Å². The van der Waals surface area contributed by atoms with Crippen LogP contribution < -0.4 is 5.32 Å². The van der Waals surface area contributed by atoms with Crippen LogP contribution in [0.3, 0.4) is 0 Å². The summed E-state index contributed by atoms with van der Waals surface area (Å²) in [5.74, 6) is 0. The molecule has 1 nitrogen and oxygen atoms in total. The topological polar surface area (TPSA) is 12.0 Å². The monoisotopic (exact) mass is 213 g/mol. The van der Waals surface area contributed by atoms with Crippen LogP contribution in [0.1, 0.15) is 30.0 Å². The molecule has 2 atom stereocenters. The lowest BCUT2D eigenvalue weighted by molar-refractivity contribution is 0.406. The molecule has 0 saturated carbocycles. The molecule has 1 aromatic carbocycles. The maximum atomic E-state index is 3.84. The molecule has 2 rings (SSSR count). The molecule has 0 aliphatic carbocycles. The predicted molar refractivity (Wildman–Crippen MR) is 69.4 cm³/mol. The van der Waals surface area contributed by atoms with Gasteiger partial charge in [-0.05, 0) is 30.4 Å². The quantitative estimate of drug-likeness (QED) is 0.756. The van der Waals surface area contributed by atoms with Crippen LogP contribution in [-0.4, -0.2) is 6.04 Å². The number of hydrogen-bond acceptors (Lipinski definition) is 1. The fourth-order valence-electron chi connectivity index (χ4n) is 2.47. The molecule has 1 heterocycles. The highest BCUT2D eigenvalue weighted by Gasteiger charge is 2.23. The first-order valence-corrected chi connectivity index (χ1v) is 5.90. The summed E-state index contributed by atoms with van der Waals surface area (Å²) in [5, 5.41) is 3.67. The lowest BCUT2D eigenvalue weighted by Gasteiger charge is -2.32. The Morgan fingerprint density at radius 1 is 1.19 bits per heavy atom. The van der Waals surface area contributed by atoms with Crippen molar-refractivity contribution in [3.8, 4) is 0 Å². The number of nitrogens with one attached hydrogen (secondary N) is 1. The minimum absolute atomic E-state index is 0.424. The van der Waals surface area contributed by atoms with E-state index in [1.807, 2.05) is 12.2 Å². The van der Waals surface area contributed by atoms with Crippen molar-refractivity contribution in [3.63, 3.8) is 0 Å². The third-order valence-corrected chi connectivity index (χ3v) is 3.19. The highest BCUT2D eigenvalue weighted by atomic mass is 15.0. The fraction of sp³-hybridized carbons (Fsp3) is 0.333. The highest BCUT2D eigenvalue weighted by Crippen LogP contribution is 2.28. The van der Waals surface area contributed by atoms with Gasteiger partial charge in [-0.1, -0.05) is 36.4 Å². The number of fused-ring (bicyclic) bond motifs is 1. The van der Waals surface area contributed by atoms with Gasteiger partial charge in [-0.15, -0.1) is 13.2 Å². The van der Waals surface area contributed by atoms with E-state index in [4.69, 9.17) is 0 Å². The Balaban J connectivity index is 2.25. The van der Waals surface area contributed by atoms with Crippen molar-refractivity contribution in [2.45, 2.75) is 31.3 Å². The predicted octanol–water partition coefficient (Wildman–Crippen LogP) is 3.39. The minimum atomic E-state index is 0.424. The molecule has 16 heavy (non-hydrogen) atoms. The standard InChI is InChI=1S/C15H19N/c1-3-7-13-11-12-9-5-6-10-14(12)15(16-13)8-4-2/h3-6,9-10,13,15-16H,1-2,7-8,11H2/t13-,15-/m1/s1. The maximum Gasteiger partial charge on any atom is 0.0360 e. The Morgan fingerprint density at radius 2 is 1.94 bits per heavy atom. The summed E-state index contributed by atoms with van der Waals surface area (Å²) in [6.45, 7) is 7.66. The summed E-state index contributed by atoms with van der Waals surface area (Å²) >= 11 is 0. The van der Waals surface area contributed by atoms with Crippen molar-refractivity contribution in [1.29, 1.82) is 0 Å². The number of hydrogen-bond donors (Lipinski definition) is 1. The summed E-state index contributed by atoms with van der Waals surface area (Å²) < 4.78 is 0. The maximum absolute atomic E-state index is 3.84. The van der Waals surface area contributed by atoms with E-state index in [9.17, 15) is 0 Å². The van der Waals surface area contributed by atoms with Crippen LogP contribution >= 0.6 is 0 Å². The summed E-state index contributed by atoms with van der Waals surface area (Å²) in [4.78, 5) is 0. The zero-order chi connectivity index (χ0) is 11.4. The van der Waals surface area contributed by atoms with Gasteiger partial charge in [0.15, 0.2) is 0 Å². The zero-order valence-electron chi connectivity index (χ0n) is 9.65. The van der Waals surface area contributed by atoms with Crippen LogP contribution in [0.5, 0.6) is 0 Å². The van der Waals surface area contributed by atoms with Gasteiger partial charge >= 0.3 is 0 Å². The average molecular weight is 213 g/mol. The van der Waals surface area contributed by atoms with Crippen LogP contribution in [0.4, 0.5) is 0 Å². The van der Waals surface area contributed by atoms with E-state index in [0.717, 1.165) is 19.3 Å². The van der Waals surface area contributed by atoms with Crippen molar-refractivity contribution >= 4 is 0 Å². The zero-order valence-corrected chi connectivity index (χ0v) is 9.65. The summed E-state index contributed by atoms with van der Waals surface area (Å²) in [5.41, 5.74) is 2.91. The molecular formula is C15H19N. The first-order chi connectivity index (χ1) is 7.85. The highest BCUT2D eigenvalue weighted by molar-refractivity contribution is 5.33. The number of benzene rings is 1. The van der Waals surface area contributed by atoms with E-state index in [-0.39, 0.29) is 0 Å². The summed E-state index contributed by atoms with van der Waals surface area (Å²) in [7, 11) is 0. The minimum Gasteiger partial charge on any atom is -0.306 e. The molecule has 1 aromatic rings. The Labute approximate surface area is 97.9 Å². The van der Waals surface area contributed by atoms with Gasteiger partial charge in [0.1, 0.15) is 0 Å². The van der Waals surface area contributed by atoms with Gasteiger partial charge < -0.3 is 5.32 Å².